The Balaban J connectivity index is 0.773. The van der Waals surface area contributed by atoms with Crippen LogP contribution in [0.15, 0.2) is 57.8 Å². The molecule has 0 radical (unpaired) electrons. The zero-order valence-electron chi connectivity index (χ0n) is 31.6. The fraction of sp³-hybridized carbons (Fsp3) is 0.455. The highest BCUT2D eigenvalue weighted by Crippen LogP contribution is 2.45. The molecule has 1 atom stereocenters. The third-order valence-corrected chi connectivity index (χ3v) is 14.6. The molecule has 6 aliphatic rings. The van der Waals surface area contributed by atoms with Crippen LogP contribution in [0.25, 0.3) is 27.7 Å². The van der Waals surface area contributed by atoms with Crippen LogP contribution in [0.4, 0.5) is 0 Å². The predicted octanol–water partition coefficient (Wildman–Crippen LogP) is 6.32. The van der Waals surface area contributed by atoms with Gasteiger partial charge in [0.2, 0.25) is 23.5 Å². The molecule has 2 saturated heterocycles. The number of hydrogen-bond acceptors (Lipinski definition) is 7. The second-order valence-electron chi connectivity index (χ2n) is 17.3. The third-order valence-electron chi connectivity index (χ3n) is 14.0. The SMILES string of the molecule is O=C1CC[C@H](N2Cc3cc4c(cc3C2=O)OC2(CC4)CN(C(=O)C3CCC(c4ccc5c(c4)n(C4CCCC4)c4nc(=O)c6c(Br)cccc6n54)CC3)C2)C(=O)N1. The molecule has 1 spiro atoms. The lowest BCUT2D eigenvalue weighted by atomic mass is 9.77. The topological polar surface area (TPSA) is 135 Å². The molecule has 3 aromatic carbocycles. The minimum Gasteiger partial charge on any atom is -0.483 e. The molecule has 0 bridgehead atoms. The molecule has 11 rings (SSSR count). The average Bonchev–Trinajstić information content (AvgIpc) is 3.92. The van der Waals surface area contributed by atoms with Gasteiger partial charge in [0.05, 0.1) is 35.0 Å². The number of nitrogens with one attached hydrogen (secondary N) is 1. The lowest BCUT2D eigenvalue weighted by Gasteiger charge is -2.52. The normalized spacial score (nSPS) is 24.6. The number of imide groups is 1. The van der Waals surface area contributed by atoms with E-state index in [1.165, 1.54) is 18.4 Å². The first-order valence-corrected chi connectivity index (χ1v) is 21.4. The van der Waals surface area contributed by atoms with Crippen molar-refractivity contribution in [3.8, 4) is 5.75 Å². The minimum absolute atomic E-state index is 0.0117. The zero-order valence-corrected chi connectivity index (χ0v) is 33.2. The Hall–Kier alpha value is -5.04. The second kappa shape index (κ2) is 13.0. The van der Waals surface area contributed by atoms with Crippen molar-refractivity contribution in [2.75, 3.05) is 13.1 Å². The molecule has 2 aromatic heterocycles. The van der Waals surface area contributed by atoms with Crippen LogP contribution >= 0.6 is 15.9 Å². The Morgan fingerprint density at radius 3 is 2.46 bits per heavy atom. The van der Waals surface area contributed by atoms with Crippen molar-refractivity contribution >= 4 is 67.3 Å². The molecule has 12 nitrogen and oxygen atoms in total. The van der Waals surface area contributed by atoms with E-state index in [2.05, 4.69) is 53.4 Å². The Morgan fingerprint density at radius 1 is 0.860 bits per heavy atom. The van der Waals surface area contributed by atoms with E-state index in [1.807, 2.05) is 35.2 Å². The van der Waals surface area contributed by atoms with Crippen molar-refractivity contribution < 1.29 is 23.9 Å². The number of carbonyl (C=O) groups is 4. The number of fused-ring (bicyclic) bond motifs is 7. The van der Waals surface area contributed by atoms with Gasteiger partial charge in [-0.05, 0) is 133 Å². The van der Waals surface area contributed by atoms with E-state index in [4.69, 9.17) is 4.74 Å². The molecule has 2 saturated carbocycles. The number of ether oxygens (including phenoxy) is 1. The van der Waals surface area contributed by atoms with Crippen molar-refractivity contribution in [3.05, 3.63) is 85.6 Å². The number of rotatable bonds is 4. The Kier molecular flexibility index (Phi) is 8.01. The molecular weight excluding hydrogens is 788 g/mol. The maximum Gasteiger partial charge on any atom is 0.283 e. The molecule has 13 heteroatoms. The van der Waals surface area contributed by atoms with E-state index < -0.39 is 17.6 Å². The van der Waals surface area contributed by atoms with E-state index in [0.29, 0.717) is 60.5 Å². The van der Waals surface area contributed by atoms with Gasteiger partial charge >= 0.3 is 0 Å². The number of benzene rings is 3. The maximum atomic E-state index is 13.9. The first kappa shape index (κ1) is 35.1. The van der Waals surface area contributed by atoms with E-state index in [-0.39, 0.29) is 35.6 Å². The van der Waals surface area contributed by atoms with E-state index in [1.54, 1.807) is 4.90 Å². The summed E-state index contributed by atoms with van der Waals surface area (Å²) in [6.45, 7) is 1.44. The number of likely N-dealkylation sites (tertiary alicyclic amines) is 1. The number of aryl methyl sites for hydroxylation is 1. The van der Waals surface area contributed by atoms with Gasteiger partial charge in [0, 0.05) is 35.0 Å². The first-order valence-electron chi connectivity index (χ1n) is 20.6. The quantitative estimate of drug-likeness (QED) is 0.210. The number of piperidine rings is 1. The fourth-order valence-electron chi connectivity index (χ4n) is 11.0. The molecule has 6 heterocycles. The number of aromatic nitrogens is 3. The predicted molar refractivity (Wildman–Crippen MR) is 215 cm³/mol. The average molecular weight is 832 g/mol. The van der Waals surface area contributed by atoms with Gasteiger partial charge in [0.15, 0.2) is 0 Å². The molecule has 4 aliphatic heterocycles. The lowest BCUT2D eigenvalue weighted by molar-refractivity contribution is -0.158. The van der Waals surface area contributed by atoms with E-state index >= 15 is 0 Å². The smallest absolute Gasteiger partial charge is 0.283 e. The van der Waals surface area contributed by atoms with Crippen LogP contribution in [0.1, 0.15) is 110 Å². The van der Waals surface area contributed by atoms with Crippen LogP contribution in [0, 0.1) is 5.92 Å². The van der Waals surface area contributed by atoms with Crippen molar-refractivity contribution in [1.82, 2.24) is 29.1 Å². The monoisotopic (exact) mass is 830 g/mol. The zero-order chi connectivity index (χ0) is 38.7. The highest BCUT2D eigenvalue weighted by atomic mass is 79.9. The third kappa shape index (κ3) is 5.51. The number of carbonyl (C=O) groups excluding carboxylic acids is 4. The molecule has 292 valence electrons. The number of nitrogens with zero attached hydrogens (tertiary/aromatic N) is 5. The molecule has 2 aliphatic carbocycles. The summed E-state index contributed by atoms with van der Waals surface area (Å²) in [6, 6.07) is 16.2. The van der Waals surface area contributed by atoms with Gasteiger partial charge in [-0.1, -0.05) is 25.0 Å². The number of imidazole rings is 1. The summed E-state index contributed by atoms with van der Waals surface area (Å²) < 4.78 is 11.9. The van der Waals surface area contributed by atoms with Gasteiger partial charge in [-0.3, -0.25) is 33.7 Å². The van der Waals surface area contributed by atoms with Crippen LogP contribution in [0.2, 0.25) is 0 Å². The van der Waals surface area contributed by atoms with Crippen LogP contribution in [-0.2, 0) is 27.3 Å². The standard InChI is InChI=1S/C44H43BrN6O6/c45-31-6-3-7-33-38(31)40(54)47-43-50(29-4-1-2-5-29)35-19-26(12-13-32(35)51(33)43)24-8-10-25(11-9-24)41(55)48-22-44(23-48)17-16-27-18-28-21-49(34-14-15-37(52)46-39(34)53)42(56)30(28)20-36(27)57-44/h3,6-7,12-13,18-20,24-25,29,34H,1-2,4-5,8-11,14-17,21-23H2,(H,46,52,53)/t24?,25?,34-/m0/s1. The lowest BCUT2D eigenvalue weighted by Crippen LogP contribution is -2.68. The molecule has 0 unspecified atom stereocenters. The van der Waals surface area contributed by atoms with Gasteiger partial charge in [-0.25, -0.2) is 0 Å². The van der Waals surface area contributed by atoms with Crippen LogP contribution in [-0.4, -0.2) is 72.1 Å². The van der Waals surface area contributed by atoms with Crippen molar-refractivity contribution in [3.63, 3.8) is 0 Å². The van der Waals surface area contributed by atoms with Crippen molar-refractivity contribution in [2.24, 2.45) is 5.92 Å². The summed E-state index contributed by atoms with van der Waals surface area (Å²) in [5, 5.41) is 2.96. The van der Waals surface area contributed by atoms with Crippen LogP contribution in [0.5, 0.6) is 5.75 Å². The molecule has 4 amide bonds. The van der Waals surface area contributed by atoms with Crippen LogP contribution < -0.4 is 15.6 Å². The summed E-state index contributed by atoms with van der Waals surface area (Å²) >= 11 is 3.60. The summed E-state index contributed by atoms with van der Waals surface area (Å²) in [4.78, 5) is 73.1. The van der Waals surface area contributed by atoms with E-state index in [9.17, 15) is 24.0 Å². The molecule has 1 N–H and O–H groups in total. The molecule has 4 fully saturated rings. The van der Waals surface area contributed by atoms with Crippen molar-refractivity contribution in [2.45, 2.75) is 107 Å². The Bertz CT molecular complexity index is 2650. The van der Waals surface area contributed by atoms with Crippen LogP contribution in [0.3, 0.4) is 0 Å². The molecular formula is C44H43BrN6O6. The largest absolute Gasteiger partial charge is 0.483 e. The summed E-state index contributed by atoms with van der Waals surface area (Å²) in [7, 11) is 0. The van der Waals surface area contributed by atoms with Gasteiger partial charge in [-0.2, -0.15) is 4.98 Å². The van der Waals surface area contributed by atoms with Gasteiger partial charge < -0.3 is 19.1 Å². The van der Waals surface area contributed by atoms with Gasteiger partial charge in [0.1, 0.15) is 17.4 Å². The second-order valence-corrected chi connectivity index (χ2v) is 18.1. The summed E-state index contributed by atoms with van der Waals surface area (Å²) in [5.41, 5.74) is 6.15. The van der Waals surface area contributed by atoms with Gasteiger partial charge in [-0.15, -0.1) is 0 Å². The highest BCUT2D eigenvalue weighted by Gasteiger charge is 2.51. The molecule has 5 aromatic rings. The number of amides is 4. The van der Waals surface area contributed by atoms with Crippen molar-refractivity contribution in [1.29, 1.82) is 0 Å². The molecule has 57 heavy (non-hydrogen) atoms. The number of hydrogen-bond donors (Lipinski definition) is 1. The highest BCUT2D eigenvalue weighted by molar-refractivity contribution is 9.10. The minimum atomic E-state index is -0.652. The van der Waals surface area contributed by atoms with E-state index in [0.717, 1.165) is 83.5 Å². The Labute approximate surface area is 336 Å². The number of halogens is 1. The summed E-state index contributed by atoms with van der Waals surface area (Å²) in [6.07, 6.45) is 10.2. The fourth-order valence-corrected chi connectivity index (χ4v) is 11.5. The summed E-state index contributed by atoms with van der Waals surface area (Å²) in [5.74, 6) is 1.03. The van der Waals surface area contributed by atoms with Gasteiger partial charge in [0.25, 0.3) is 11.5 Å². The Morgan fingerprint density at radius 2 is 1.67 bits per heavy atom. The maximum absolute atomic E-state index is 13.9. The first-order chi connectivity index (χ1) is 27.6.